The first kappa shape index (κ1) is 11.8. The average Bonchev–Trinajstić information content (AvgIpc) is 3.08. The Kier molecular flexibility index (Phi) is 2.70. The smallest absolute Gasteiger partial charge is 0.309 e. The maximum absolute atomic E-state index is 13.6. The van der Waals surface area contributed by atoms with Gasteiger partial charge in [-0.05, 0) is 19.1 Å². The highest BCUT2D eigenvalue weighted by Gasteiger charge is 2.60. The van der Waals surface area contributed by atoms with Gasteiger partial charge in [-0.3, -0.25) is 4.79 Å². The molecule has 0 unspecified atom stereocenters. The van der Waals surface area contributed by atoms with Crippen LogP contribution in [-0.2, 0) is 9.53 Å². The van der Waals surface area contributed by atoms with Crippen molar-refractivity contribution in [2.24, 2.45) is 11.8 Å². The predicted octanol–water partition coefficient (Wildman–Crippen LogP) is 2.76. The molecule has 18 heavy (non-hydrogen) atoms. The second-order valence-electron chi connectivity index (χ2n) is 4.55. The van der Waals surface area contributed by atoms with E-state index in [1.54, 1.807) is 6.92 Å². The van der Waals surface area contributed by atoms with Crippen molar-refractivity contribution in [1.82, 2.24) is 0 Å². The third kappa shape index (κ3) is 1.59. The molecule has 5 heteroatoms. The number of carbonyl (C=O) groups excluding carboxylic acids is 1. The van der Waals surface area contributed by atoms with Crippen molar-refractivity contribution < 1.29 is 18.7 Å². The van der Waals surface area contributed by atoms with Gasteiger partial charge in [0.05, 0.1) is 19.1 Å². The van der Waals surface area contributed by atoms with Crippen LogP contribution in [-0.4, -0.2) is 19.2 Å². The van der Waals surface area contributed by atoms with Crippen molar-refractivity contribution >= 4 is 17.6 Å². The van der Waals surface area contributed by atoms with E-state index in [0.717, 1.165) is 0 Å². The Bertz CT molecular complexity index is 517. The lowest BCUT2D eigenvalue weighted by atomic mass is 10.0. The molecular formula is C13H12ClFO3. The van der Waals surface area contributed by atoms with E-state index in [2.05, 4.69) is 0 Å². The Balaban J connectivity index is 1.95. The maximum Gasteiger partial charge on any atom is 0.309 e. The summed E-state index contributed by atoms with van der Waals surface area (Å²) in [4.78, 5) is 11.8. The van der Waals surface area contributed by atoms with E-state index in [1.165, 1.54) is 12.1 Å². The zero-order valence-electron chi connectivity index (χ0n) is 9.78. The van der Waals surface area contributed by atoms with Crippen molar-refractivity contribution in [3.63, 3.8) is 0 Å². The number of esters is 1. The highest BCUT2D eigenvalue weighted by molar-refractivity contribution is 6.31. The van der Waals surface area contributed by atoms with Crippen molar-refractivity contribution in [2.75, 3.05) is 13.2 Å². The minimum Gasteiger partial charge on any atom is -0.490 e. The van der Waals surface area contributed by atoms with Crippen LogP contribution in [0.1, 0.15) is 18.4 Å². The fourth-order valence-corrected chi connectivity index (χ4v) is 3.00. The SMILES string of the molecule is CCOC(=O)[C@@H]1[C@@H]2COc3c(F)ccc(Cl)c3[C@@H]21. The Hall–Kier alpha value is -1.29. The first-order chi connectivity index (χ1) is 8.65. The Morgan fingerprint density at radius 2 is 2.39 bits per heavy atom. The van der Waals surface area contributed by atoms with E-state index in [1.807, 2.05) is 0 Å². The monoisotopic (exact) mass is 270 g/mol. The number of fused-ring (bicyclic) bond motifs is 3. The molecule has 96 valence electrons. The van der Waals surface area contributed by atoms with Gasteiger partial charge in [0, 0.05) is 22.4 Å². The lowest BCUT2D eigenvalue weighted by Crippen LogP contribution is -2.11. The van der Waals surface area contributed by atoms with Crippen LogP contribution in [0.5, 0.6) is 5.75 Å². The van der Waals surface area contributed by atoms with Gasteiger partial charge in [-0.25, -0.2) is 4.39 Å². The van der Waals surface area contributed by atoms with Crippen LogP contribution in [0, 0.1) is 17.7 Å². The molecule has 0 saturated heterocycles. The van der Waals surface area contributed by atoms with Gasteiger partial charge in [0.25, 0.3) is 0 Å². The van der Waals surface area contributed by atoms with Gasteiger partial charge < -0.3 is 9.47 Å². The number of rotatable bonds is 2. The summed E-state index contributed by atoms with van der Waals surface area (Å²) in [5.41, 5.74) is 0.617. The highest BCUT2D eigenvalue weighted by Crippen LogP contribution is 2.61. The van der Waals surface area contributed by atoms with Crippen LogP contribution in [0.15, 0.2) is 12.1 Å². The molecule has 3 rings (SSSR count). The van der Waals surface area contributed by atoms with Crippen molar-refractivity contribution in [3.05, 3.63) is 28.5 Å². The van der Waals surface area contributed by atoms with E-state index in [4.69, 9.17) is 21.1 Å². The van der Waals surface area contributed by atoms with Crippen molar-refractivity contribution in [3.8, 4) is 5.75 Å². The van der Waals surface area contributed by atoms with Crippen molar-refractivity contribution in [1.29, 1.82) is 0 Å². The summed E-state index contributed by atoms with van der Waals surface area (Å²) in [7, 11) is 0. The minimum absolute atomic E-state index is 0.0593. The Morgan fingerprint density at radius 1 is 1.61 bits per heavy atom. The summed E-state index contributed by atoms with van der Waals surface area (Å²) >= 11 is 6.08. The van der Waals surface area contributed by atoms with Crippen LogP contribution in [0.3, 0.4) is 0 Å². The summed E-state index contributed by atoms with van der Waals surface area (Å²) in [5.74, 6) is -0.723. The lowest BCUT2D eigenvalue weighted by Gasteiger charge is -2.17. The third-order valence-electron chi connectivity index (χ3n) is 3.58. The number of ether oxygens (including phenoxy) is 2. The number of benzene rings is 1. The molecule has 0 aromatic heterocycles. The number of carbonyl (C=O) groups is 1. The molecule has 0 radical (unpaired) electrons. The van der Waals surface area contributed by atoms with Crippen LogP contribution in [0.25, 0.3) is 0 Å². The van der Waals surface area contributed by atoms with Crippen LogP contribution in [0.2, 0.25) is 5.02 Å². The summed E-state index contributed by atoms with van der Waals surface area (Å²) in [6.45, 7) is 2.46. The predicted molar refractivity (Wildman–Crippen MR) is 63.3 cm³/mol. The number of hydrogen-bond donors (Lipinski definition) is 0. The molecule has 0 bridgehead atoms. The molecule has 1 aromatic rings. The average molecular weight is 271 g/mol. The summed E-state index contributed by atoms with van der Waals surface area (Å²) in [5, 5.41) is 0.452. The van der Waals surface area contributed by atoms with Crippen LogP contribution >= 0.6 is 11.6 Å². The standard InChI is InChI=1S/C13H12ClFO3/c1-2-17-13(16)10-6-5-18-12-8(15)4-3-7(14)11(12)9(6)10/h3-4,6,9-10H,2,5H2,1H3/t6-,9+,10-/m1/s1. The van der Waals surface area contributed by atoms with E-state index in [-0.39, 0.29) is 29.5 Å². The Morgan fingerprint density at radius 3 is 3.11 bits per heavy atom. The summed E-state index contributed by atoms with van der Waals surface area (Å²) < 4.78 is 24.0. The van der Waals surface area contributed by atoms with Crippen LogP contribution < -0.4 is 4.74 Å². The van der Waals surface area contributed by atoms with Gasteiger partial charge in [-0.1, -0.05) is 11.6 Å². The van der Waals surface area contributed by atoms with Gasteiger partial charge >= 0.3 is 5.97 Å². The Labute approximate surface area is 109 Å². The highest BCUT2D eigenvalue weighted by atomic mass is 35.5. The van der Waals surface area contributed by atoms with E-state index >= 15 is 0 Å². The molecule has 1 heterocycles. The van der Waals surface area contributed by atoms with E-state index in [0.29, 0.717) is 23.8 Å². The molecular weight excluding hydrogens is 259 g/mol. The molecule has 0 amide bonds. The quantitative estimate of drug-likeness (QED) is 0.775. The second-order valence-corrected chi connectivity index (χ2v) is 4.96. The molecule has 1 aromatic carbocycles. The molecule has 2 aliphatic rings. The molecule has 0 spiro atoms. The largest absolute Gasteiger partial charge is 0.490 e. The van der Waals surface area contributed by atoms with Gasteiger partial charge in [0.1, 0.15) is 0 Å². The summed E-state index contributed by atoms with van der Waals surface area (Å²) in [6.07, 6.45) is 0. The first-order valence-corrected chi connectivity index (χ1v) is 6.30. The lowest BCUT2D eigenvalue weighted by molar-refractivity contribution is -0.145. The maximum atomic E-state index is 13.6. The van der Waals surface area contributed by atoms with Gasteiger partial charge in [-0.15, -0.1) is 0 Å². The first-order valence-electron chi connectivity index (χ1n) is 5.92. The minimum atomic E-state index is -0.428. The zero-order chi connectivity index (χ0) is 12.9. The summed E-state index contributed by atoms with van der Waals surface area (Å²) in [6, 6.07) is 2.78. The van der Waals surface area contributed by atoms with Crippen molar-refractivity contribution in [2.45, 2.75) is 12.8 Å². The molecule has 1 aliphatic heterocycles. The van der Waals surface area contributed by atoms with E-state index < -0.39 is 5.82 Å². The second kappa shape index (κ2) is 4.12. The van der Waals surface area contributed by atoms with Crippen LogP contribution in [0.4, 0.5) is 4.39 Å². The van der Waals surface area contributed by atoms with Gasteiger partial charge in [0.15, 0.2) is 11.6 Å². The van der Waals surface area contributed by atoms with E-state index in [9.17, 15) is 9.18 Å². The van der Waals surface area contributed by atoms with Gasteiger partial charge in [0.2, 0.25) is 0 Å². The normalized spacial score (nSPS) is 27.8. The third-order valence-corrected chi connectivity index (χ3v) is 3.91. The fourth-order valence-electron chi connectivity index (χ4n) is 2.72. The number of hydrogen-bond acceptors (Lipinski definition) is 3. The molecule has 0 N–H and O–H groups in total. The molecule has 1 aliphatic carbocycles. The molecule has 1 saturated carbocycles. The fraction of sp³-hybridized carbons (Fsp3) is 0.462. The topological polar surface area (TPSA) is 35.5 Å². The number of halogens is 2. The molecule has 3 nitrogen and oxygen atoms in total. The van der Waals surface area contributed by atoms with Gasteiger partial charge in [-0.2, -0.15) is 0 Å². The zero-order valence-corrected chi connectivity index (χ0v) is 10.5. The molecule has 3 atom stereocenters. The molecule has 1 fully saturated rings.